The Bertz CT molecular complexity index is 321. The Kier molecular flexibility index (Phi) is 5.59. The van der Waals surface area contributed by atoms with Gasteiger partial charge in [0, 0.05) is 30.5 Å². The van der Waals surface area contributed by atoms with Gasteiger partial charge in [0.05, 0.1) is 0 Å². The van der Waals surface area contributed by atoms with E-state index in [9.17, 15) is 0 Å². The van der Waals surface area contributed by atoms with Gasteiger partial charge in [0.2, 0.25) is 0 Å². The molecule has 2 N–H and O–H groups in total. The number of nitrogens with two attached hydrogens (primary N) is 1. The minimum absolute atomic E-state index is 0.268. The van der Waals surface area contributed by atoms with Crippen molar-refractivity contribution in [3.05, 3.63) is 29.6 Å². The smallest absolute Gasteiger partial charge is 0.0485 e. The van der Waals surface area contributed by atoms with Gasteiger partial charge < -0.3 is 5.73 Å². The van der Waals surface area contributed by atoms with Gasteiger partial charge in [-0.25, -0.2) is 0 Å². The van der Waals surface area contributed by atoms with Crippen molar-refractivity contribution in [3.63, 3.8) is 0 Å². The Morgan fingerprint density at radius 2 is 2.12 bits per heavy atom. The summed E-state index contributed by atoms with van der Waals surface area (Å²) in [5, 5.41) is 0. The van der Waals surface area contributed by atoms with Crippen LogP contribution in [-0.2, 0) is 0 Å². The summed E-state index contributed by atoms with van der Waals surface area (Å²) in [6.07, 6.45) is 4.35. The highest BCUT2D eigenvalue weighted by Crippen LogP contribution is 2.21. The molecule has 0 fully saturated rings. The van der Waals surface area contributed by atoms with Crippen molar-refractivity contribution in [2.24, 2.45) is 5.73 Å². The van der Waals surface area contributed by atoms with Crippen LogP contribution in [0.5, 0.6) is 0 Å². The molecule has 0 aliphatic carbocycles. The van der Waals surface area contributed by atoms with Crippen molar-refractivity contribution in [3.8, 4) is 0 Å². The third-order valence-corrected chi connectivity index (χ3v) is 3.44. The molecule has 1 heterocycles. The highest BCUT2D eigenvalue weighted by molar-refractivity contribution is 5.17. The normalized spacial score (nSPS) is 14.9. The van der Waals surface area contributed by atoms with Crippen LogP contribution in [0.15, 0.2) is 18.3 Å². The average molecular weight is 235 g/mol. The van der Waals surface area contributed by atoms with Gasteiger partial charge in [0.25, 0.3) is 0 Å². The summed E-state index contributed by atoms with van der Waals surface area (Å²) in [7, 11) is 2.15. The van der Waals surface area contributed by atoms with Gasteiger partial charge in [0.1, 0.15) is 0 Å². The van der Waals surface area contributed by atoms with E-state index in [1.165, 1.54) is 18.4 Å². The predicted molar refractivity (Wildman–Crippen MR) is 72.9 cm³/mol. The molecule has 17 heavy (non-hydrogen) atoms. The Morgan fingerprint density at radius 1 is 1.41 bits per heavy atom. The maximum Gasteiger partial charge on any atom is 0.0485 e. The second-order valence-corrected chi connectivity index (χ2v) is 4.79. The van der Waals surface area contributed by atoms with Crippen LogP contribution in [0, 0.1) is 6.92 Å². The van der Waals surface area contributed by atoms with Crippen LogP contribution in [0.1, 0.15) is 44.0 Å². The van der Waals surface area contributed by atoms with E-state index in [-0.39, 0.29) is 6.04 Å². The molecule has 0 aromatic carbocycles. The molecule has 96 valence electrons. The van der Waals surface area contributed by atoms with Crippen molar-refractivity contribution < 1.29 is 0 Å². The van der Waals surface area contributed by atoms with Crippen LogP contribution in [0.25, 0.3) is 0 Å². The summed E-state index contributed by atoms with van der Waals surface area (Å²) in [5.74, 6) is 0. The van der Waals surface area contributed by atoms with E-state index in [2.05, 4.69) is 42.9 Å². The first-order chi connectivity index (χ1) is 8.10. The number of pyridine rings is 1. The van der Waals surface area contributed by atoms with Crippen LogP contribution in [0.3, 0.4) is 0 Å². The van der Waals surface area contributed by atoms with E-state index in [0.29, 0.717) is 12.6 Å². The monoisotopic (exact) mass is 235 g/mol. The fourth-order valence-electron chi connectivity index (χ4n) is 2.14. The van der Waals surface area contributed by atoms with E-state index in [1.54, 1.807) is 0 Å². The number of hydrogen-bond donors (Lipinski definition) is 1. The quantitative estimate of drug-likeness (QED) is 0.824. The first-order valence-corrected chi connectivity index (χ1v) is 6.44. The molecule has 0 spiro atoms. The Labute approximate surface area is 105 Å². The van der Waals surface area contributed by atoms with Crippen LogP contribution in [-0.4, -0.2) is 29.5 Å². The molecular formula is C14H25N3. The molecule has 1 rings (SSSR count). The molecular weight excluding hydrogens is 210 g/mol. The number of aryl methyl sites for hydroxylation is 1. The molecule has 0 radical (unpaired) electrons. The summed E-state index contributed by atoms with van der Waals surface area (Å²) in [6, 6.07) is 5.00. The highest BCUT2D eigenvalue weighted by atomic mass is 15.2. The van der Waals surface area contributed by atoms with Gasteiger partial charge in [-0.15, -0.1) is 0 Å². The summed E-state index contributed by atoms with van der Waals surface area (Å²) >= 11 is 0. The maximum absolute atomic E-state index is 5.91. The molecule has 2 atom stereocenters. The fourth-order valence-corrected chi connectivity index (χ4v) is 2.14. The molecule has 0 saturated carbocycles. The van der Waals surface area contributed by atoms with E-state index >= 15 is 0 Å². The van der Waals surface area contributed by atoms with Crippen LogP contribution < -0.4 is 5.73 Å². The van der Waals surface area contributed by atoms with Gasteiger partial charge in [-0.05, 0) is 38.9 Å². The highest BCUT2D eigenvalue weighted by Gasteiger charge is 2.19. The van der Waals surface area contributed by atoms with Gasteiger partial charge in [-0.1, -0.05) is 19.4 Å². The lowest BCUT2D eigenvalue weighted by Crippen LogP contribution is -2.37. The molecule has 1 aromatic rings. The zero-order valence-corrected chi connectivity index (χ0v) is 11.5. The molecule has 0 saturated heterocycles. The lowest BCUT2D eigenvalue weighted by molar-refractivity contribution is 0.179. The molecule has 2 unspecified atom stereocenters. The number of nitrogens with zero attached hydrogens (tertiary/aromatic N) is 2. The third-order valence-electron chi connectivity index (χ3n) is 3.44. The molecule has 0 aliphatic heterocycles. The molecule has 0 aliphatic rings. The van der Waals surface area contributed by atoms with E-state index in [4.69, 9.17) is 5.73 Å². The van der Waals surface area contributed by atoms with Crippen molar-refractivity contribution in [2.75, 3.05) is 13.6 Å². The Morgan fingerprint density at radius 3 is 2.59 bits per heavy atom. The van der Waals surface area contributed by atoms with E-state index < -0.39 is 0 Å². The topological polar surface area (TPSA) is 42.1 Å². The van der Waals surface area contributed by atoms with Gasteiger partial charge in [-0.3, -0.25) is 9.88 Å². The second-order valence-electron chi connectivity index (χ2n) is 4.79. The number of likely N-dealkylation sites (N-methyl/N-ethyl adjacent to an activating group) is 1. The average Bonchev–Trinajstić information content (AvgIpc) is 2.32. The van der Waals surface area contributed by atoms with E-state index in [0.717, 1.165) is 5.69 Å². The predicted octanol–water partition coefficient (Wildman–Crippen LogP) is 2.51. The van der Waals surface area contributed by atoms with Crippen molar-refractivity contribution >= 4 is 0 Å². The van der Waals surface area contributed by atoms with Gasteiger partial charge >= 0.3 is 0 Å². The number of rotatable bonds is 6. The number of hydrogen-bond acceptors (Lipinski definition) is 3. The van der Waals surface area contributed by atoms with E-state index in [1.807, 2.05) is 13.1 Å². The minimum Gasteiger partial charge on any atom is -0.329 e. The SMILES string of the molecule is CCCC(C)N(C)C(CN)c1ccc(C)nc1. The summed E-state index contributed by atoms with van der Waals surface area (Å²) in [5.41, 5.74) is 8.17. The first-order valence-electron chi connectivity index (χ1n) is 6.44. The minimum atomic E-state index is 0.268. The van der Waals surface area contributed by atoms with Crippen molar-refractivity contribution in [1.82, 2.24) is 9.88 Å². The molecule has 3 heteroatoms. The maximum atomic E-state index is 5.91. The first kappa shape index (κ1) is 14.1. The van der Waals surface area contributed by atoms with Crippen LogP contribution in [0.2, 0.25) is 0 Å². The fraction of sp³-hybridized carbons (Fsp3) is 0.643. The summed E-state index contributed by atoms with van der Waals surface area (Å²) in [4.78, 5) is 6.71. The van der Waals surface area contributed by atoms with Crippen molar-refractivity contribution in [2.45, 2.75) is 45.7 Å². The third kappa shape index (κ3) is 3.79. The molecule has 0 amide bonds. The summed E-state index contributed by atoms with van der Waals surface area (Å²) < 4.78 is 0. The largest absolute Gasteiger partial charge is 0.329 e. The van der Waals surface area contributed by atoms with Crippen LogP contribution in [0.4, 0.5) is 0 Å². The Balaban J connectivity index is 2.79. The second kappa shape index (κ2) is 6.72. The molecule has 1 aromatic heterocycles. The summed E-state index contributed by atoms with van der Waals surface area (Å²) in [6.45, 7) is 7.11. The number of aromatic nitrogens is 1. The van der Waals surface area contributed by atoms with Crippen molar-refractivity contribution in [1.29, 1.82) is 0 Å². The van der Waals surface area contributed by atoms with Crippen LogP contribution >= 0.6 is 0 Å². The zero-order valence-electron chi connectivity index (χ0n) is 11.5. The molecule has 3 nitrogen and oxygen atoms in total. The lowest BCUT2D eigenvalue weighted by atomic mass is 10.0. The van der Waals surface area contributed by atoms with Gasteiger partial charge in [-0.2, -0.15) is 0 Å². The zero-order chi connectivity index (χ0) is 12.8. The Hall–Kier alpha value is -0.930. The lowest BCUT2D eigenvalue weighted by Gasteiger charge is -2.32. The standard InChI is InChI=1S/C14H25N3/c1-5-6-12(3)17(4)14(9-15)13-8-7-11(2)16-10-13/h7-8,10,12,14H,5-6,9,15H2,1-4H3. The molecule has 0 bridgehead atoms. The van der Waals surface area contributed by atoms with Gasteiger partial charge in [0.15, 0.2) is 0 Å².